The van der Waals surface area contributed by atoms with Gasteiger partial charge in [0.25, 0.3) is 15.5 Å². The number of nitrogens with one attached hydrogen (secondary N) is 3. The van der Waals surface area contributed by atoms with Gasteiger partial charge in [-0.25, -0.2) is 12.5 Å². The Labute approximate surface area is 264 Å². The number of carbonyl (C=O) groups excluding carboxylic acids is 3. The van der Waals surface area contributed by atoms with Crippen molar-refractivity contribution in [1.29, 1.82) is 0 Å². The molecule has 1 rings (SSSR count). The Morgan fingerprint density at radius 2 is 0.733 bits per heavy atom. The molecule has 3 N–H and O–H groups in total. The molecule has 0 radical (unpaired) electrons. The zero-order valence-electron chi connectivity index (χ0n) is 25.6. The minimum absolute atomic E-state index is 0.0900. The summed E-state index contributed by atoms with van der Waals surface area (Å²) in [7, 11) is -15.3. The number of unbranched alkanes of at least 4 members (excludes halogenated alkanes) is 6. The van der Waals surface area contributed by atoms with Crippen LogP contribution in [0, 0.1) is 0 Å². The second kappa shape index (κ2) is 20.3. The van der Waals surface area contributed by atoms with Crippen LogP contribution in [0.25, 0.3) is 0 Å². The number of carbonyl (C=O) groups is 3. The Morgan fingerprint density at radius 1 is 0.489 bits per heavy atom. The average molecular weight is 703 g/mol. The molecule has 0 bridgehead atoms. The summed E-state index contributed by atoms with van der Waals surface area (Å²) in [5.41, 5.74) is 0. The van der Waals surface area contributed by atoms with Crippen molar-refractivity contribution in [1.82, 2.24) is 30.9 Å². The zero-order chi connectivity index (χ0) is 33.9. The summed E-state index contributed by atoms with van der Waals surface area (Å²) in [6.07, 6.45) is 6.74. The van der Waals surface area contributed by atoms with Gasteiger partial charge in [-0.2, -0.15) is 40.2 Å². The van der Waals surface area contributed by atoms with Gasteiger partial charge in [0.2, 0.25) is 17.7 Å². The lowest BCUT2D eigenvalue weighted by Gasteiger charge is -2.11. The summed E-state index contributed by atoms with van der Waals surface area (Å²) in [6, 6.07) is 0. The number of aromatic nitrogens is 3. The standard InChI is InChI=1S/C24H42N6O12S3/c1-4-7-10-13-19(31)25-16-40-43(34,35)22-28-23(44(36,37)41-17-26-20(32)14-11-8-5-2)30-24(29-22)45(38,39)42-18-27-21(33)15-12-9-6-3/h4-18H2,1-3H3,(H,25,31)(H,26,32)(H,27,33). The van der Waals surface area contributed by atoms with Crippen molar-refractivity contribution < 1.29 is 52.2 Å². The van der Waals surface area contributed by atoms with Crippen LogP contribution in [-0.2, 0) is 57.3 Å². The Kier molecular flexibility index (Phi) is 18.1. The Morgan fingerprint density at radius 3 is 0.956 bits per heavy atom. The highest BCUT2D eigenvalue weighted by atomic mass is 32.2. The van der Waals surface area contributed by atoms with E-state index in [4.69, 9.17) is 0 Å². The van der Waals surface area contributed by atoms with Crippen molar-refractivity contribution in [2.75, 3.05) is 20.2 Å². The van der Waals surface area contributed by atoms with Crippen molar-refractivity contribution in [2.24, 2.45) is 0 Å². The van der Waals surface area contributed by atoms with Crippen LogP contribution in [0.4, 0.5) is 0 Å². The van der Waals surface area contributed by atoms with Crippen LogP contribution in [-0.4, -0.2) is 78.1 Å². The number of hydrogen-bond acceptors (Lipinski definition) is 15. The second-order valence-electron chi connectivity index (χ2n) is 9.50. The number of nitrogens with zero attached hydrogens (tertiary/aromatic N) is 3. The van der Waals surface area contributed by atoms with Gasteiger partial charge in [0, 0.05) is 19.3 Å². The van der Waals surface area contributed by atoms with Gasteiger partial charge in [-0.05, 0) is 19.3 Å². The summed E-state index contributed by atoms with van der Waals surface area (Å²) in [6.45, 7) is 3.09. The summed E-state index contributed by atoms with van der Waals surface area (Å²) < 4.78 is 90.6. The van der Waals surface area contributed by atoms with Gasteiger partial charge in [0.15, 0.2) is 0 Å². The first-order valence-electron chi connectivity index (χ1n) is 14.4. The van der Waals surface area contributed by atoms with Gasteiger partial charge in [-0.15, -0.1) is 0 Å². The molecule has 0 saturated carbocycles. The topological polar surface area (TPSA) is 256 Å². The van der Waals surface area contributed by atoms with Gasteiger partial charge >= 0.3 is 30.4 Å². The smallest absolute Gasteiger partial charge is 0.332 e. The van der Waals surface area contributed by atoms with Crippen LogP contribution < -0.4 is 16.0 Å². The monoisotopic (exact) mass is 702 g/mol. The summed E-state index contributed by atoms with van der Waals surface area (Å²) >= 11 is 0. The molecule has 0 aliphatic rings. The highest BCUT2D eigenvalue weighted by molar-refractivity contribution is 7.88. The molecule has 0 aliphatic heterocycles. The van der Waals surface area contributed by atoms with E-state index in [0.29, 0.717) is 19.3 Å². The maximum atomic E-state index is 12.8. The maximum Gasteiger partial charge on any atom is 0.334 e. The van der Waals surface area contributed by atoms with Crippen molar-refractivity contribution in [2.45, 2.75) is 113 Å². The normalized spacial score (nSPS) is 12.1. The lowest BCUT2D eigenvalue weighted by atomic mass is 10.2. The van der Waals surface area contributed by atoms with E-state index in [1.807, 2.05) is 20.8 Å². The van der Waals surface area contributed by atoms with E-state index in [-0.39, 0.29) is 19.3 Å². The molecular weight excluding hydrogens is 660 g/mol. The third kappa shape index (κ3) is 15.8. The molecule has 0 saturated heterocycles. The molecular formula is C24H42N6O12S3. The highest BCUT2D eigenvalue weighted by Crippen LogP contribution is 2.16. The van der Waals surface area contributed by atoms with Gasteiger partial charge < -0.3 is 16.0 Å². The van der Waals surface area contributed by atoms with Gasteiger partial charge in [0.05, 0.1) is 0 Å². The third-order valence-corrected chi connectivity index (χ3v) is 8.89. The Balaban J connectivity index is 3.21. The average Bonchev–Trinajstić information content (AvgIpc) is 2.97. The molecule has 0 fully saturated rings. The molecule has 0 unspecified atom stereocenters. The SMILES string of the molecule is CCCCCC(=O)NCOS(=O)(=O)c1nc(S(=O)(=O)OCNC(=O)CCCCC)nc(S(=O)(=O)OCNC(=O)CCCCC)n1. The molecule has 0 aliphatic carbocycles. The fourth-order valence-electron chi connectivity index (χ4n) is 3.25. The predicted octanol–water partition coefficient (Wildman–Crippen LogP) is 0.950. The lowest BCUT2D eigenvalue weighted by Crippen LogP contribution is -2.30. The van der Waals surface area contributed by atoms with Crippen LogP contribution in [0.1, 0.15) is 97.8 Å². The zero-order valence-corrected chi connectivity index (χ0v) is 28.0. The molecule has 0 spiro atoms. The van der Waals surface area contributed by atoms with E-state index in [2.05, 4.69) is 43.5 Å². The molecule has 21 heteroatoms. The fourth-order valence-corrected chi connectivity index (χ4v) is 5.57. The maximum absolute atomic E-state index is 12.8. The van der Waals surface area contributed by atoms with E-state index < -0.39 is 83.7 Å². The van der Waals surface area contributed by atoms with E-state index in [1.165, 1.54) is 0 Å². The molecule has 18 nitrogen and oxygen atoms in total. The van der Waals surface area contributed by atoms with Crippen molar-refractivity contribution >= 4 is 48.1 Å². The minimum atomic E-state index is -5.10. The van der Waals surface area contributed by atoms with E-state index in [0.717, 1.165) is 38.5 Å². The number of hydrogen-bond donors (Lipinski definition) is 3. The van der Waals surface area contributed by atoms with Crippen LogP contribution in [0.3, 0.4) is 0 Å². The molecule has 0 atom stereocenters. The van der Waals surface area contributed by atoms with Crippen molar-refractivity contribution in [3.05, 3.63) is 0 Å². The molecule has 3 amide bonds. The van der Waals surface area contributed by atoms with Crippen LogP contribution in [0.5, 0.6) is 0 Å². The summed E-state index contributed by atoms with van der Waals surface area (Å²) in [5.74, 6) is -1.59. The van der Waals surface area contributed by atoms with Crippen molar-refractivity contribution in [3.63, 3.8) is 0 Å². The van der Waals surface area contributed by atoms with Gasteiger partial charge in [-0.3, -0.25) is 14.4 Å². The Bertz CT molecular complexity index is 1250. The first-order chi connectivity index (χ1) is 21.2. The van der Waals surface area contributed by atoms with Crippen LogP contribution in [0.2, 0.25) is 0 Å². The fraction of sp³-hybridized carbons (Fsp3) is 0.750. The van der Waals surface area contributed by atoms with Crippen molar-refractivity contribution in [3.8, 4) is 0 Å². The van der Waals surface area contributed by atoms with Crippen LogP contribution in [0.15, 0.2) is 15.5 Å². The number of rotatable bonds is 24. The van der Waals surface area contributed by atoms with E-state index >= 15 is 0 Å². The Hall–Kier alpha value is -2.85. The second-order valence-corrected chi connectivity index (χ2v) is 14.0. The minimum Gasteiger partial charge on any atom is -0.332 e. The molecule has 45 heavy (non-hydrogen) atoms. The molecule has 1 heterocycles. The van der Waals surface area contributed by atoms with E-state index in [1.54, 1.807) is 0 Å². The molecule has 1 aromatic heterocycles. The number of amides is 3. The molecule has 1 aromatic rings. The largest absolute Gasteiger partial charge is 0.334 e. The molecule has 258 valence electrons. The highest BCUT2D eigenvalue weighted by Gasteiger charge is 2.32. The first kappa shape index (κ1) is 40.2. The summed E-state index contributed by atoms with van der Waals surface area (Å²) in [4.78, 5) is 45.5. The third-order valence-electron chi connectivity index (χ3n) is 5.72. The first-order valence-corrected chi connectivity index (χ1v) is 18.6. The lowest BCUT2D eigenvalue weighted by molar-refractivity contribution is -0.122. The quantitative estimate of drug-likeness (QED) is 0.0770. The molecule has 0 aromatic carbocycles. The van der Waals surface area contributed by atoms with Gasteiger partial charge in [-0.1, -0.05) is 59.3 Å². The van der Waals surface area contributed by atoms with E-state index in [9.17, 15) is 39.6 Å². The predicted molar refractivity (Wildman–Crippen MR) is 156 cm³/mol. The van der Waals surface area contributed by atoms with Crippen LogP contribution >= 0.6 is 0 Å². The summed E-state index contributed by atoms with van der Waals surface area (Å²) in [5, 5.41) is 2.19. The van der Waals surface area contributed by atoms with Gasteiger partial charge in [0.1, 0.15) is 20.2 Å².